The van der Waals surface area contributed by atoms with E-state index in [-0.39, 0.29) is 5.91 Å². The van der Waals surface area contributed by atoms with Crippen LogP contribution in [0.25, 0.3) is 11.1 Å². The van der Waals surface area contributed by atoms with Crippen molar-refractivity contribution in [2.45, 2.75) is 39.2 Å². The maximum atomic E-state index is 13.4. The Hall–Kier alpha value is -2.88. The van der Waals surface area contributed by atoms with Crippen LogP contribution in [-0.4, -0.2) is 33.4 Å². The topological polar surface area (TPSA) is 38.1 Å². The van der Waals surface area contributed by atoms with Crippen molar-refractivity contribution in [3.05, 3.63) is 77.9 Å². The van der Waals surface area contributed by atoms with Crippen LogP contribution in [0, 0.1) is 6.92 Å². The Morgan fingerprint density at radius 1 is 0.929 bits per heavy atom. The predicted molar refractivity (Wildman–Crippen MR) is 112 cm³/mol. The summed E-state index contributed by atoms with van der Waals surface area (Å²) in [6.07, 6.45) is 10.3. The highest BCUT2D eigenvalue weighted by molar-refractivity contribution is 5.94. The molecule has 1 aliphatic rings. The quantitative estimate of drug-likeness (QED) is 0.651. The van der Waals surface area contributed by atoms with Gasteiger partial charge in [-0.05, 0) is 49.1 Å². The Morgan fingerprint density at radius 3 is 2.29 bits per heavy atom. The van der Waals surface area contributed by atoms with E-state index in [1.54, 1.807) is 12.4 Å². The molecule has 3 heterocycles. The lowest BCUT2D eigenvalue weighted by molar-refractivity contribution is 0.0751. The van der Waals surface area contributed by atoms with E-state index in [1.807, 2.05) is 23.1 Å². The van der Waals surface area contributed by atoms with Gasteiger partial charge >= 0.3 is 0 Å². The Kier molecular flexibility index (Phi) is 5.56. The molecule has 4 nitrogen and oxygen atoms in total. The van der Waals surface area contributed by atoms with Gasteiger partial charge in [0.2, 0.25) is 0 Å². The van der Waals surface area contributed by atoms with Gasteiger partial charge in [-0.1, -0.05) is 42.7 Å². The first-order chi connectivity index (χ1) is 13.7. The third-order valence-electron chi connectivity index (χ3n) is 5.50. The van der Waals surface area contributed by atoms with Gasteiger partial charge in [-0.25, -0.2) is 0 Å². The van der Waals surface area contributed by atoms with Crippen LogP contribution in [0.2, 0.25) is 0 Å². The number of rotatable bonds is 4. The summed E-state index contributed by atoms with van der Waals surface area (Å²) >= 11 is 0. The van der Waals surface area contributed by atoms with Crippen LogP contribution in [0.1, 0.15) is 47.3 Å². The molecule has 3 aromatic rings. The summed E-state index contributed by atoms with van der Waals surface area (Å²) in [4.78, 5) is 19.5. The predicted octanol–water partition coefficient (Wildman–Crippen LogP) is 4.92. The second kappa shape index (κ2) is 8.42. The first-order valence-electron chi connectivity index (χ1n) is 10.2. The summed E-state index contributed by atoms with van der Waals surface area (Å²) < 4.78 is 2.10. The Morgan fingerprint density at radius 2 is 1.61 bits per heavy atom. The lowest BCUT2D eigenvalue weighted by Gasteiger charge is -2.21. The molecule has 1 saturated heterocycles. The molecule has 0 bridgehead atoms. The maximum Gasteiger partial charge on any atom is 0.270 e. The maximum absolute atomic E-state index is 13.4. The van der Waals surface area contributed by atoms with Gasteiger partial charge in [0.15, 0.2) is 0 Å². The largest absolute Gasteiger partial charge is 0.338 e. The zero-order valence-electron chi connectivity index (χ0n) is 16.5. The monoisotopic (exact) mass is 373 g/mol. The summed E-state index contributed by atoms with van der Waals surface area (Å²) in [6.45, 7) is 4.51. The SMILES string of the molecule is Cc1ccc(Cn2cc(-c3ccncc3)cc2C(=O)N2CCCCCC2)cc1. The first-order valence-corrected chi connectivity index (χ1v) is 10.2. The van der Waals surface area contributed by atoms with Crippen molar-refractivity contribution in [2.75, 3.05) is 13.1 Å². The van der Waals surface area contributed by atoms with Gasteiger partial charge < -0.3 is 9.47 Å². The molecule has 4 heteroatoms. The summed E-state index contributed by atoms with van der Waals surface area (Å²) in [5.74, 6) is 0.148. The van der Waals surface area contributed by atoms with Gasteiger partial charge in [-0.3, -0.25) is 9.78 Å². The van der Waals surface area contributed by atoms with E-state index in [9.17, 15) is 4.79 Å². The number of hydrogen-bond donors (Lipinski definition) is 0. The fourth-order valence-electron chi connectivity index (χ4n) is 3.85. The van der Waals surface area contributed by atoms with Gasteiger partial charge in [0, 0.05) is 43.8 Å². The Bertz CT molecular complexity index is 920. The molecule has 144 valence electrons. The summed E-state index contributed by atoms with van der Waals surface area (Å²) in [5.41, 5.74) is 5.37. The second-order valence-corrected chi connectivity index (χ2v) is 7.67. The number of carbonyl (C=O) groups is 1. The van der Waals surface area contributed by atoms with E-state index in [2.05, 4.69) is 46.9 Å². The van der Waals surface area contributed by atoms with Crippen LogP contribution in [0.5, 0.6) is 0 Å². The Balaban J connectivity index is 1.68. The van der Waals surface area contributed by atoms with E-state index in [0.29, 0.717) is 6.54 Å². The minimum absolute atomic E-state index is 0.148. The first kappa shape index (κ1) is 18.5. The molecule has 0 spiro atoms. The number of aromatic nitrogens is 2. The fraction of sp³-hybridized carbons (Fsp3) is 0.333. The molecule has 4 rings (SSSR count). The highest BCUT2D eigenvalue weighted by Gasteiger charge is 2.22. The average molecular weight is 374 g/mol. The van der Waals surface area contributed by atoms with Crippen molar-refractivity contribution in [1.29, 1.82) is 0 Å². The van der Waals surface area contributed by atoms with Crippen LogP contribution >= 0.6 is 0 Å². The van der Waals surface area contributed by atoms with E-state index in [1.165, 1.54) is 24.0 Å². The molecular formula is C24H27N3O. The molecule has 0 saturated carbocycles. The van der Waals surface area contributed by atoms with Crippen molar-refractivity contribution >= 4 is 5.91 Å². The molecule has 0 N–H and O–H groups in total. The van der Waals surface area contributed by atoms with E-state index < -0.39 is 0 Å². The van der Waals surface area contributed by atoms with Gasteiger partial charge in [-0.2, -0.15) is 0 Å². The number of aryl methyl sites for hydroxylation is 1. The number of carbonyl (C=O) groups excluding carboxylic acids is 1. The van der Waals surface area contributed by atoms with Crippen LogP contribution in [0.4, 0.5) is 0 Å². The molecule has 1 aliphatic heterocycles. The molecule has 0 unspecified atom stereocenters. The number of hydrogen-bond acceptors (Lipinski definition) is 2. The van der Waals surface area contributed by atoms with Gasteiger partial charge in [0.25, 0.3) is 5.91 Å². The van der Waals surface area contributed by atoms with Crippen LogP contribution in [0.3, 0.4) is 0 Å². The molecule has 28 heavy (non-hydrogen) atoms. The summed E-state index contributed by atoms with van der Waals surface area (Å²) in [5, 5.41) is 0. The average Bonchev–Trinajstić information content (AvgIpc) is 2.95. The van der Waals surface area contributed by atoms with Gasteiger partial charge in [-0.15, -0.1) is 0 Å². The van der Waals surface area contributed by atoms with E-state index >= 15 is 0 Å². The molecule has 0 aliphatic carbocycles. The molecule has 0 atom stereocenters. The van der Waals surface area contributed by atoms with Gasteiger partial charge in [0.1, 0.15) is 5.69 Å². The number of likely N-dealkylation sites (tertiary alicyclic amines) is 1. The minimum Gasteiger partial charge on any atom is -0.338 e. The molecule has 1 fully saturated rings. The van der Waals surface area contributed by atoms with Crippen LogP contribution in [0.15, 0.2) is 61.1 Å². The van der Waals surface area contributed by atoms with Crippen molar-refractivity contribution in [2.24, 2.45) is 0 Å². The normalized spacial score (nSPS) is 14.7. The lowest BCUT2D eigenvalue weighted by atomic mass is 10.1. The van der Waals surface area contributed by atoms with E-state index in [4.69, 9.17) is 0 Å². The smallest absolute Gasteiger partial charge is 0.270 e. The standard InChI is InChI=1S/C24H27N3O/c1-19-6-8-20(9-7-19)17-27-18-22(21-10-12-25-13-11-21)16-23(27)24(28)26-14-4-2-3-5-15-26/h6-13,16,18H,2-5,14-15,17H2,1H3. The minimum atomic E-state index is 0.148. The van der Waals surface area contributed by atoms with Crippen molar-refractivity contribution in [3.8, 4) is 11.1 Å². The molecule has 1 amide bonds. The zero-order chi connectivity index (χ0) is 19.3. The molecule has 1 aromatic carbocycles. The van der Waals surface area contributed by atoms with Crippen LogP contribution < -0.4 is 0 Å². The second-order valence-electron chi connectivity index (χ2n) is 7.67. The third kappa shape index (κ3) is 4.16. The molecular weight excluding hydrogens is 346 g/mol. The fourth-order valence-corrected chi connectivity index (χ4v) is 3.85. The Labute approximate surface area is 166 Å². The zero-order valence-corrected chi connectivity index (χ0v) is 16.5. The number of pyridine rings is 1. The van der Waals surface area contributed by atoms with Crippen molar-refractivity contribution < 1.29 is 4.79 Å². The van der Waals surface area contributed by atoms with Gasteiger partial charge in [0.05, 0.1) is 0 Å². The lowest BCUT2D eigenvalue weighted by Crippen LogP contribution is -2.33. The highest BCUT2D eigenvalue weighted by atomic mass is 16.2. The van der Waals surface area contributed by atoms with E-state index in [0.717, 1.165) is 42.8 Å². The molecule has 0 radical (unpaired) electrons. The van der Waals surface area contributed by atoms with Crippen molar-refractivity contribution in [1.82, 2.24) is 14.5 Å². The molecule has 2 aromatic heterocycles. The summed E-state index contributed by atoms with van der Waals surface area (Å²) in [7, 11) is 0. The number of nitrogens with zero attached hydrogens (tertiary/aromatic N) is 3. The summed E-state index contributed by atoms with van der Waals surface area (Å²) in [6, 6.07) is 14.6. The van der Waals surface area contributed by atoms with Crippen molar-refractivity contribution in [3.63, 3.8) is 0 Å². The highest BCUT2D eigenvalue weighted by Crippen LogP contribution is 2.24. The number of benzene rings is 1. The number of amides is 1. The van der Waals surface area contributed by atoms with Crippen LogP contribution in [-0.2, 0) is 6.54 Å². The third-order valence-corrected chi connectivity index (χ3v) is 5.50.